The number of hydrogen-bond acceptors (Lipinski definition) is 7. The first kappa shape index (κ1) is 30.9. The van der Waals surface area contributed by atoms with Gasteiger partial charge in [-0.15, -0.1) is 0 Å². The summed E-state index contributed by atoms with van der Waals surface area (Å²) in [5.41, 5.74) is -6.82. The van der Waals surface area contributed by atoms with Crippen LogP contribution < -0.4 is 12.1 Å². The Morgan fingerprint density at radius 2 is 1.14 bits per heavy atom. The van der Waals surface area contributed by atoms with E-state index in [1.165, 1.54) is 72.8 Å². The lowest BCUT2D eigenvalue weighted by Crippen LogP contribution is -2.42. The van der Waals surface area contributed by atoms with Crippen molar-refractivity contribution in [3.63, 3.8) is 0 Å². The summed E-state index contributed by atoms with van der Waals surface area (Å²) in [6, 6.07) is 23.8. The van der Waals surface area contributed by atoms with Crippen LogP contribution in [-0.4, -0.2) is 26.6 Å². The minimum Gasteiger partial charge on any atom is -0.366 e. The van der Waals surface area contributed by atoms with E-state index in [1.807, 2.05) is 0 Å². The maximum Gasteiger partial charge on any atom is 0.425 e. The number of para-hydroxylation sites is 2. The van der Waals surface area contributed by atoms with Gasteiger partial charge in [0.2, 0.25) is 0 Å². The molecule has 0 unspecified atom stereocenters. The van der Waals surface area contributed by atoms with Gasteiger partial charge in [-0.05, 0) is 35.9 Å². The van der Waals surface area contributed by atoms with Gasteiger partial charge in [0.25, 0.3) is 0 Å². The minimum absolute atomic E-state index is 0.260. The van der Waals surface area contributed by atoms with Crippen LogP contribution in [0.5, 0.6) is 11.5 Å². The van der Waals surface area contributed by atoms with Crippen LogP contribution in [-0.2, 0) is 30.8 Å². The fourth-order valence-corrected chi connectivity index (χ4v) is 6.76. The predicted octanol–water partition coefficient (Wildman–Crippen LogP) is 5.54. The predicted molar refractivity (Wildman–Crippen MR) is 152 cm³/mol. The third kappa shape index (κ3) is 7.04. The normalized spacial score (nSPS) is 12.7. The van der Waals surface area contributed by atoms with Crippen molar-refractivity contribution >= 4 is 46.0 Å². The van der Waals surface area contributed by atoms with Crippen LogP contribution in [0.3, 0.4) is 0 Å². The van der Waals surface area contributed by atoms with Gasteiger partial charge in [0, 0.05) is 11.1 Å². The van der Waals surface area contributed by atoms with E-state index in [1.54, 1.807) is 30.3 Å². The highest BCUT2D eigenvalue weighted by molar-refractivity contribution is 8.06. The van der Waals surface area contributed by atoms with E-state index in [-0.39, 0.29) is 20.8 Å². The molecule has 0 radical (unpaired) electrons. The summed E-state index contributed by atoms with van der Waals surface area (Å²) in [5, 5.41) is 0. The Labute approximate surface area is 240 Å². The van der Waals surface area contributed by atoms with Crippen LogP contribution >= 0.6 is 7.60 Å². The summed E-state index contributed by atoms with van der Waals surface area (Å²) in [6.45, 7) is 0. The van der Waals surface area contributed by atoms with E-state index in [0.717, 1.165) is 6.07 Å². The summed E-state index contributed by atoms with van der Waals surface area (Å²) in [5.74, 6) is -0.647. The molecule has 0 atom stereocenters. The van der Waals surface area contributed by atoms with E-state index in [0.29, 0.717) is 17.7 Å². The van der Waals surface area contributed by atoms with Crippen LogP contribution in [0.25, 0.3) is 12.2 Å². The van der Waals surface area contributed by atoms with Gasteiger partial charge < -0.3 is 18.2 Å². The quantitative estimate of drug-likeness (QED) is 0.160. The Kier molecular flexibility index (Phi) is 8.85. The first-order chi connectivity index (χ1) is 19.7. The van der Waals surface area contributed by atoms with Gasteiger partial charge >= 0.3 is 33.9 Å². The van der Waals surface area contributed by atoms with Crippen molar-refractivity contribution < 1.29 is 48.3 Å². The van der Waals surface area contributed by atoms with Gasteiger partial charge in [0.1, 0.15) is 11.5 Å². The molecule has 0 fully saturated rings. The lowest BCUT2D eigenvalue weighted by molar-refractivity contribution is 0.0565. The Hall–Kier alpha value is -4.07. The van der Waals surface area contributed by atoms with Crippen molar-refractivity contribution in [2.75, 3.05) is 3.71 Å². The molecule has 4 aromatic carbocycles. The molecule has 0 spiro atoms. The monoisotopic (exact) mass is 637 g/mol. The molecule has 2 N–H and O–H groups in total. The van der Waals surface area contributed by atoms with Crippen LogP contribution in [0.4, 0.5) is 14.5 Å². The second-order valence-corrected chi connectivity index (χ2v) is 13.2. The van der Waals surface area contributed by atoms with E-state index >= 15 is 0 Å². The number of hydrogen-bond donors (Lipinski definition) is 2. The van der Waals surface area contributed by atoms with Crippen LogP contribution in [0.2, 0.25) is 0 Å². The first-order valence-corrected chi connectivity index (χ1v) is 16.2. The second kappa shape index (κ2) is 12.0. The van der Waals surface area contributed by atoms with Gasteiger partial charge in [0.15, 0.2) is 0 Å². The first-order valence-electron chi connectivity index (χ1n) is 11.8. The summed E-state index contributed by atoms with van der Waals surface area (Å²) >= 11 is 0. The molecule has 0 aromatic heterocycles. The number of nitrogens with zero attached hydrogens (tertiary/aromatic N) is 1. The minimum atomic E-state index is -6.14. The third-order valence-electron chi connectivity index (χ3n) is 5.49. The fraction of sp³-hybridized carbons (Fsp3) is 0.0370. The van der Waals surface area contributed by atoms with Gasteiger partial charge in [-0.2, -0.15) is 25.6 Å². The number of halogens is 2. The van der Waals surface area contributed by atoms with Crippen molar-refractivity contribution in [2.45, 2.75) is 5.66 Å². The molecule has 0 saturated heterocycles. The van der Waals surface area contributed by atoms with E-state index in [4.69, 9.17) is 8.37 Å². The van der Waals surface area contributed by atoms with Crippen molar-refractivity contribution in [3.8, 4) is 11.5 Å². The largest absolute Gasteiger partial charge is 0.425 e. The molecule has 15 heteroatoms. The molecule has 0 aliphatic carbocycles. The van der Waals surface area contributed by atoms with Gasteiger partial charge in [-0.3, -0.25) is 4.57 Å². The molecule has 0 amide bonds. The van der Waals surface area contributed by atoms with Gasteiger partial charge in [-0.1, -0.05) is 94.7 Å². The van der Waals surface area contributed by atoms with E-state index < -0.39 is 45.1 Å². The highest BCUT2D eigenvalue weighted by Crippen LogP contribution is 2.59. The molecule has 0 heterocycles. The van der Waals surface area contributed by atoms with Crippen molar-refractivity contribution in [3.05, 3.63) is 126 Å². The number of rotatable bonds is 11. The van der Waals surface area contributed by atoms with Crippen molar-refractivity contribution in [1.82, 2.24) is 0 Å². The summed E-state index contributed by atoms with van der Waals surface area (Å²) < 4.78 is 105. The van der Waals surface area contributed by atoms with Gasteiger partial charge in [0.05, 0.1) is 5.69 Å². The summed E-state index contributed by atoms with van der Waals surface area (Å²) in [6.07, 6.45) is 2.67. The van der Waals surface area contributed by atoms with Crippen LogP contribution in [0.15, 0.2) is 109 Å². The highest BCUT2D eigenvalue weighted by atomic mass is 32.3. The Morgan fingerprint density at radius 3 is 1.60 bits per heavy atom. The Morgan fingerprint density at radius 1 is 0.690 bits per heavy atom. The van der Waals surface area contributed by atoms with Crippen molar-refractivity contribution in [1.29, 1.82) is 0 Å². The van der Waals surface area contributed by atoms with Crippen LogP contribution in [0, 0.1) is 0 Å². The molecule has 0 saturated carbocycles. The summed E-state index contributed by atoms with van der Waals surface area (Å²) in [7, 11) is -17.1. The molecule has 42 heavy (non-hydrogen) atoms. The Balaban J connectivity index is 1.98. The molecule has 4 rings (SSSR count). The molecular weight excluding hydrogens is 615 g/mol. The highest BCUT2D eigenvalue weighted by Gasteiger charge is 2.51. The molecule has 0 aliphatic heterocycles. The van der Waals surface area contributed by atoms with Gasteiger partial charge in [-0.25, -0.2) is 0 Å². The standard InChI is InChI=1S/C27H22F2NO9PS2/c28-27(29,40(31,32)33)23-19-18-22(17-16-21-10-4-1-5-11-21)26(20-23)30(41(34,35)38-24-12-6-2-7-13-24)42(36,37)39-25-14-8-3-9-15-25/h1-20H,(H2,31,32,33)/b17-16+. The zero-order valence-electron chi connectivity index (χ0n) is 21.3. The molecule has 220 valence electrons. The summed E-state index contributed by atoms with van der Waals surface area (Å²) in [4.78, 5) is 18.6. The van der Waals surface area contributed by atoms with Crippen molar-refractivity contribution in [2.24, 2.45) is 0 Å². The molecule has 10 nitrogen and oxygen atoms in total. The number of alkyl halides is 2. The lowest BCUT2D eigenvalue weighted by atomic mass is 10.1. The zero-order chi connectivity index (χ0) is 30.6. The maximum absolute atomic E-state index is 14.8. The molecular formula is C27H22F2NO9PS2. The third-order valence-corrected chi connectivity index (χ3v) is 9.59. The SMILES string of the molecule is O=P(O)(O)C(F)(F)c1ccc(/C=C/c2ccccc2)c(N(S(=O)(=O)Oc2ccccc2)S(=O)(=O)Oc2ccccc2)c1. The van der Waals surface area contributed by atoms with E-state index in [2.05, 4.69) is 0 Å². The average Bonchev–Trinajstić information content (AvgIpc) is 2.92. The van der Waals surface area contributed by atoms with Crippen LogP contribution in [0.1, 0.15) is 16.7 Å². The number of anilines is 1. The van der Waals surface area contributed by atoms with E-state index in [9.17, 15) is 40.0 Å². The molecule has 0 aliphatic rings. The fourth-order valence-electron chi connectivity index (χ4n) is 3.56. The second-order valence-electron chi connectivity index (χ2n) is 8.51. The molecule has 0 bridgehead atoms. The average molecular weight is 638 g/mol. The smallest absolute Gasteiger partial charge is 0.366 e. The zero-order valence-corrected chi connectivity index (χ0v) is 23.8. The maximum atomic E-state index is 14.8. The Bertz CT molecular complexity index is 1760. The lowest BCUT2D eigenvalue weighted by Gasteiger charge is -2.26. The molecule has 4 aromatic rings. The number of benzene rings is 4. The topological polar surface area (TPSA) is 148 Å².